The maximum atomic E-state index is 5.57. The second-order valence-electron chi connectivity index (χ2n) is 3.49. The fourth-order valence-electron chi connectivity index (χ4n) is 1.52. The molecule has 0 amide bonds. The molecule has 0 saturated heterocycles. The number of rotatable bonds is 6. The van der Waals surface area contributed by atoms with Crippen molar-refractivity contribution in [2.24, 2.45) is 0 Å². The molecule has 2 nitrogen and oxygen atoms in total. The third-order valence-corrected chi connectivity index (χ3v) is 2.51. The van der Waals surface area contributed by atoms with Crippen molar-refractivity contribution < 1.29 is 4.74 Å². The zero-order valence-electron chi connectivity index (χ0n) is 9.35. The number of aryl methyl sites for hydroxylation is 1. The molecule has 3 heteroatoms. The molecule has 0 unspecified atom stereocenters. The third kappa shape index (κ3) is 4.10. The number of hydrogen-bond acceptors (Lipinski definition) is 2. The number of nitrogens with one attached hydrogen (secondary N) is 1. The van der Waals surface area contributed by atoms with Crippen LogP contribution in [-0.2, 0) is 6.42 Å². The van der Waals surface area contributed by atoms with Gasteiger partial charge in [0.25, 0.3) is 0 Å². The highest BCUT2D eigenvalue weighted by Gasteiger charge is 1.99. The van der Waals surface area contributed by atoms with Gasteiger partial charge in [-0.1, -0.05) is 12.1 Å². The highest BCUT2D eigenvalue weighted by atomic mass is 35.5. The summed E-state index contributed by atoms with van der Waals surface area (Å²) in [4.78, 5) is 0. The lowest BCUT2D eigenvalue weighted by Crippen LogP contribution is -2.19. The molecule has 0 aliphatic rings. The Morgan fingerprint density at radius 1 is 1.33 bits per heavy atom. The molecule has 15 heavy (non-hydrogen) atoms. The van der Waals surface area contributed by atoms with Crippen LogP contribution in [0.2, 0.25) is 0 Å². The maximum absolute atomic E-state index is 5.57. The Morgan fingerprint density at radius 3 is 2.73 bits per heavy atom. The van der Waals surface area contributed by atoms with E-state index in [1.165, 1.54) is 11.1 Å². The molecule has 84 valence electrons. The number of methoxy groups -OCH3 is 1. The summed E-state index contributed by atoms with van der Waals surface area (Å²) < 4.78 is 5.21. The Bertz CT molecular complexity index is 302. The van der Waals surface area contributed by atoms with Gasteiger partial charge in [-0.2, -0.15) is 0 Å². The molecule has 0 atom stereocenters. The molecule has 1 aromatic carbocycles. The lowest BCUT2D eigenvalue weighted by atomic mass is 10.1. The second-order valence-corrected chi connectivity index (χ2v) is 3.87. The Kier molecular flexibility index (Phi) is 5.51. The van der Waals surface area contributed by atoms with Crippen LogP contribution in [0.15, 0.2) is 18.2 Å². The molecular formula is C12H18ClNO. The molecule has 0 aliphatic carbocycles. The van der Waals surface area contributed by atoms with Gasteiger partial charge in [-0.3, -0.25) is 0 Å². The van der Waals surface area contributed by atoms with Gasteiger partial charge in [0, 0.05) is 12.4 Å². The zero-order valence-corrected chi connectivity index (χ0v) is 10.1. The van der Waals surface area contributed by atoms with Crippen molar-refractivity contribution in [3.8, 4) is 5.75 Å². The summed E-state index contributed by atoms with van der Waals surface area (Å²) >= 11 is 5.57. The predicted molar refractivity (Wildman–Crippen MR) is 65.0 cm³/mol. The van der Waals surface area contributed by atoms with Crippen molar-refractivity contribution in [1.29, 1.82) is 0 Å². The van der Waals surface area contributed by atoms with E-state index in [1.54, 1.807) is 7.11 Å². The quantitative estimate of drug-likeness (QED) is 0.595. The van der Waals surface area contributed by atoms with Gasteiger partial charge in [0.15, 0.2) is 0 Å². The molecule has 1 N–H and O–H groups in total. The number of alkyl halides is 1. The molecule has 0 fully saturated rings. The molecular weight excluding hydrogens is 210 g/mol. The van der Waals surface area contributed by atoms with Crippen molar-refractivity contribution in [1.82, 2.24) is 5.32 Å². The molecule has 0 radical (unpaired) electrons. The van der Waals surface area contributed by atoms with E-state index >= 15 is 0 Å². The van der Waals surface area contributed by atoms with Crippen LogP contribution in [0.3, 0.4) is 0 Å². The van der Waals surface area contributed by atoms with Gasteiger partial charge in [-0.25, -0.2) is 0 Å². The van der Waals surface area contributed by atoms with Crippen molar-refractivity contribution >= 4 is 11.6 Å². The van der Waals surface area contributed by atoms with Crippen LogP contribution >= 0.6 is 11.6 Å². The monoisotopic (exact) mass is 227 g/mol. The molecule has 0 aromatic heterocycles. The molecule has 0 aliphatic heterocycles. The number of ether oxygens (including phenoxy) is 1. The second kappa shape index (κ2) is 6.70. The van der Waals surface area contributed by atoms with Gasteiger partial charge in [0.1, 0.15) is 5.75 Å². The predicted octanol–water partition coefficient (Wildman–Crippen LogP) is 2.37. The fourth-order valence-corrected chi connectivity index (χ4v) is 1.65. The van der Waals surface area contributed by atoms with E-state index < -0.39 is 0 Å². The minimum Gasteiger partial charge on any atom is -0.496 e. The van der Waals surface area contributed by atoms with Gasteiger partial charge < -0.3 is 10.1 Å². The van der Waals surface area contributed by atoms with E-state index in [0.29, 0.717) is 5.88 Å². The fraction of sp³-hybridized carbons (Fsp3) is 0.500. The van der Waals surface area contributed by atoms with E-state index in [4.69, 9.17) is 16.3 Å². The van der Waals surface area contributed by atoms with Crippen LogP contribution in [-0.4, -0.2) is 26.1 Å². The van der Waals surface area contributed by atoms with Gasteiger partial charge in [0.2, 0.25) is 0 Å². The molecule has 0 spiro atoms. The SMILES string of the molecule is COc1ccc(CCNCCCl)cc1C. The molecule has 0 heterocycles. The van der Waals surface area contributed by atoms with Crippen LogP contribution in [0, 0.1) is 6.92 Å². The van der Waals surface area contributed by atoms with Crippen LogP contribution in [0.25, 0.3) is 0 Å². The summed E-state index contributed by atoms with van der Waals surface area (Å²) in [6.45, 7) is 3.91. The average molecular weight is 228 g/mol. The van der Waals surface area contributed by atoms with E-state index in [9.17, 15) is 0 Å². The first-order valence-electron chi connectivity index (χ1n) is 5.18. The standard InChI is InChI=1S/C12H18ClNO/c1-10-9-11(3-4-12(10)15-2)5-7-14-8-6-13/h3-4,9,14H,5-8H2,1-2H3. The Hall–Kier alpha value is -0.730. The van der Waals surface area contributed by atoms with Crippen LogP contribution in [0.1, 0.15) is 11.1 Å². The number of benzene rings is 1. The minimum absolute atomic E-state index is 0.668. The first-order valence-corrected chi connectivity index (χ1v) is 5.71. The van der Waals surface area contributed by atoms with Crippen molar-refractivity contribution in [2.45, 2.75) is 13.3 Å². The van der Waals surface area contributed by atoms with Crippen molar-refractivity contribution in [2.75, 3.05) is 26.1 Å². The van der Waals surface area contributed by atoms with E-state index in [2.05, 4.69) is 24.4 Å². The van der Waals surface area contributed by atoms with Gasteiger partial charge >= 0.3 is 0 Å². The van der Waals surface area contributed by atoms with Crippen LogP contribution < -0.4 is 10.1 Å². The lowest BCUT2D eigenvalue weighted by Gasteiger charge is -2.07. The molecule has 1 rings (SSSR count). The summed E-state index contributed by atoms with van der Waals surface area (Å²) in [7, 11) is 1.70. The van der Waals surface area contributed by atoms with Gasteiger partial charge in [-0.05, 0) is 37.1 Å². The van der Waals surface area contributed by atoms with E-state index in [-0.39, 0.29) is 0 Å². The summed E-state index contributed by atoms with van der Waals surface area (Å²) in [5.74, 6) is 1.62. The van der Waals surface area contributed by atoms with Crippen LogP contribution in [0.5, 0.6) is 5.75 Å². The topological polar surface area (TPSA) is 21.3 Å². The Labute approximate surface area is 96.6 Å². The zero-order chi connectivity index (χ0) is 11.1. The largest absolute Gasteiger partial charge is 0.496 e. The summed E-state index contributed by atoms with van der Waals surface area (Å²) in [5.41, 5.74) is 2.52. The van der Waals surface area contributed by atoms with E-state index in [1.807, 2.05) is 6.07 Å². The first-order chi connectivity index (χ1) is 7.27. The Balaban J connectivity index is 2.45. The summed E-state index contributed by atoms with van der Waals surface area (Å²) in [6.07, 6.45) is 1.03. The van der Waals surface area contributed by atoms with Gasteiger partial charge in [0.05, 0.1) is 7.11 Å². The summed E-state index contributed by atoms with van der Waals surface area (Å²) in [6, 6.07) is 6.29. The van der Waals surface area contributed by atoms with Gasteiger partial charge in [-0.15, -0.1) is 11.6 Å². The third-order valence-electron chi connectivity index (χ3n) is 2.32. The van der Waals surface area contributed by atoms with Crippen molar-refractivity contribution in [3.05, 3.63) is 29.3 Å². The average Bonchev–Trinajstić information content (AvgIpc) is 2.25. The molecule has 1 aromatic rings. The van der Waals surface area contributed by atoms with Crippen LogP contribution in [0.4, 0.5) is 0 Å². The lowest BCUT2D eigenvalue weighted by molar-refractivity contribution is 0.411. The number of halogens is 1. The van der Waals surface area contributed by atoms with E-state index in [0.717, 1.165) is 25.3 Å². The maximum Gasteiger partial charge on any atom is 0.121 e. The molecule has 0 saturated carbocycles. The highest BCUT2D eigenvalue weighted by Crippen LogP contribution is 2.18. The smallest absolute Gasteiger partial charge is 0.121 e. The first kappa shape index (κ1) is 12.3. The Morgan fingerprint density at radius 2 is 2.13 bits per heavy atom. The normalized spacial score (nSPS) is 10.3. The summed E-state index contributed by atoms with van der Waals surface area (Å²) in [5, 5.41) is 3.27. The molecule has 0 bridgehead atoms. The highest BCUT2D eigenvalue weighted by molar-refractivity contribution is 6.18. The van der Waals surface area contributed by atoms with Crippen molar-refractivity contribution in [3.63, 3.8) is 0 Å². The minimum atomic E-state index is 0.668. The number of hydrogen-bond donors (Lipinski definition) is 1.